The fourth-order valence-electron chi connectivity index (χ4n) is 4.88. The van der Waals surface area contributed by atoms with Crippen molar-refractivity contribution in [2.24, 2.45) is 0 Å². The Bertz CT molecular complexity index is 575. The first-order valence-electron chi connectivity index (χ1n) is 10.8. The summed E-state index contributed by atoms with van der Waals surface area (Å²) in [7, 11) is 0. The molecule has 4 heteroatoms. The molecule has 2 saturated heterocycles. The Hall–Kier alpha value is -1.55. The lowest BCUT2D eigenvalue weighted by atomic mass is 9.73. The third-order valence-corrected chi connectivity index (χ3v) is 6.25. The number of aliphatic hydroxyl groups is 1. The average molecular weight is 374 g/mol. The molecular formula is C23H35NO3. The Labute approximate surface area is 163 Å². The molecule has 150 valence electrons. The zero-order valence-electron chi connectivity index (χ0n) is 16.7. The van der Waals surface area contributed by atoms with Crippen LogP contribution in [0.15, 0.2) is 30.3 Å². The van der Waals surface area contributed by atoms with E-state index in [1.54, 1.807) is 0 Å². The molecule has 2 bridgehead atoms. The number of nitrogens with zero attached hydrogens (tertiary/aromatic N) is 1. The van der Waals surface area contributed by atoms with Crippen LogP contribution in [0.4, 0.5) is 4.79 Å². The molecular weight excluding hydrogens is 338 g/mol. The van der Waals surface area contributed by atoms with Crippen LogP contribution < -0.4 is 0 Å². The van der Waals surface area contributed by atoms with Crippen LogP contribution in [0.1, 0.15) is 83.1 Å². The summed E-state index contributed by atoms with van der Waals surface area (Å²) in [6, 6.07) is 10.1. The average Bonchev–Trinajstić information content (AvgIpc) is 2.66. The number of fused-ring (bicyclic) bond motifs is 2. The predicted molar refractivity (Wildman–Crippen MR) is 107 cm³/mol. The van der Waals surface area contributed by atoms with E-state index in [0.717, 1.165) is 37.7 Å². The first kappa shape index (κ1) is 20.2. The molecule has 0 aliphatic carbocycles. The zero-order valence-corrected chi connectivity index (χ0v) is 16.7. The van der Waals surface area contributed by atoms with Crippen LogP contribution in [-0.4, -0.2) is 33.8 Å². The molecule has 1 aromatic carbocycles. The number of hydrogen-bond donors (Lipinski definition) is 1. The van der Waals surface area contributed by atoms with Gasteiger partial charge in [-0.3, -0.25) is 0 Å². The van der Waals surface area contributed by atoms with Gasteiger partial charge in [-0.15, -0.1) is 0 Å². The largest absolute Gasteiger partial charge is 0.445 e. The number of hydrogen-bond acceptors (Lipinski definition) is 3. The summed E-state index contributed by atoms with van der Waals surface area (Å²) in [4.78, 5) is 14.7. The van der Waals surface area contributed by atoms with Crippen molar-refractivity contribution in [1.29, 1.82) is 0 Å². The minimum absolute atomic E-state index is 0.126. The Morgan fingerprint density at radius 2 is 1.78 bits per heavy atom. The highest BCUT2D eigenvalue weighted by Gasteiger charge is 2.47. The summed E-state index contributed by atoms with van der Waals surface area (Å²) >= 11 is 0. The molecule has 2 aliphatic rings. The van der Waals surface area contributed by atoms with Gasteiger partial charge in [-0.1, -0.05) is 69.4 Å². The third-order valence-electron chi connectivity index (χ3n) is 6.25. The minimum Gasteiger partial charge on any atom is -0.445 e. The number of carbonyl (C=O) groups excluding carboxylic acids is 1. The minimum atomic E-state index is -0.599. The van der Waals surface area contributed by atoms with Gasteiger partial charge in [-0.2, -0.15) is 0 Å². The van der Waals surface area contributed by atoms with Gasteiger partial charge >= 0.3 is 6.09 Å². The summed E-state index contributed by atoms with van der Waals surface area (Å²) in [6.07, 6.45) is 11.3. The van der Waals surface area contributed by atoms with Crippen molar-refractivity contribution in [3.05, 3.63) is 35.9 Å². The van der Waals surface area contributed by atoms with Crippen molar-refractivity contribution >= 4 is 6.09 Å². The number of unbranched alkanes of at least 4 members (excludes halogenated alkanes) is 4. The zero-order chi connectivity index (χ0) is 19.1. The molecule has 2 aliphatic heterocycles. The standard InChI is InChI=1S/C23H35NO3/c1-2-3-4-5-9-15-23(26)16-20-13-10-14-21(17-23)24(20)22(25)27-18-19-11-7-6-8-12-19/h6-8,11-12,20-21,26H,2-5,9-10,13-18H2,1H3. The van der Waals surface area contributed by atoms with Gasteiger partial charge in [-0.05, 0) is 44.1 Å². The molecule has 2 fully saturated rings. The van der Waals surface area contributed by atoms with E-state index in [9.17, 15) is 9.90 Å². The molecule has 27 heavy (non-hydrogen) atoms. The van der Waals surface area contributed by atoms with Crippen molar-refractivity contribution in [1.82, 2.24) is 4.90 Å². The van der Waals surface area contributed by atoms with Gasteiger partial charge in [-0.25, -0.2) is 4.79 Å². The SMILES string of the molecule is CCCCCCCC1(O)CC2CCCC(C1)N2C(=O)OCc1ccccc1. The van der Waals surface area contributed by atoms with E-state index in [1.807, 2.05) is 35.2 Å². The molecule has 2 unspecified atom stereocenters. The Morgan fingerprint density at radius 3 is 2.44 bits per heavy atom. The highest BCUT2D eigenvalue weighted by molar-refractivity contribution is 5.69. The molecule has 1 amide bonds. The number of piperidine rings is 2. The van der Waals surface area contributed by atoms with Gasteiger partial charge in [0, 0.05) is 12.1 Å². The van der Waals surface area contributed by atoms with Crippen LogP contribution in [0, 0.1) is 0 Å². The van der Waals surface area contributed by atoms with Gasteiger partial charge < -0.3 is 14.7 Å². The molecule has 1 aromatic rings. The van der Waals surface area contributed by atoms with Crippen LogP contribution in [0.25, 0.3) is 0 Å². The van der Waals surface area contributed by atoms with Crippen LogP contribution >= 0.6 is 0 Å². The predicted octanol–water partition coefficient (Wildman–Crippen LogP) is 5.43. The summed E-state index contributed by atoms with van der Waals surface area (Å²) in [5.41, 5.74) is 0.412. The maximum absolute atomic E-state index is 12.8. The molecule has 4 nitrogen and oxygen atoms in total. The van der Waals surface area contributed by atoms with E-state index in [1.165, 1.54) is 25.7 Å². The number of ether oxygens (including phenoxy) is 1. The van der Waals surface area contributed by atoms with Crippen LogP contribution in [0.2, 0.25) is 0 Å². The maximum Gasteiger partial charge on any atom is 0.410 e. The van der Waals surface area contributed by atoms with Crippen molar-refractivity contribution in [2.75, 3.05) is 0 Å². The van der Waals surface area contributed by atoms with E-state index in [0.29, 0.717) is 19.4 Å². The lowest BCUT2D eigenvalue weighted by Gasteiger charge is -2.51. The first-order valence-corrected chi connectivity index (χ1v) is 10.8. The lowest BCUT2D eigenvalue weighted by molar-refractivity contribution is -0.0899. The second-order valence-electron chi connectivity index (χ2n) is 8.48. The van der Waals surface area contributed by atoms with Gasteiger partial charge in [0.05, 0.1) is 5.60 Å². The normalized spacial score (nSPS) is 27.4. The van der Waals surface area contributed by atoms with Gasteiger partial charge in [0.1, 0.15) is 6.61 Å². The van der Waals surface area contributed by atoms with E-state index < -0.39 is 5.60 Å². The van der Waals surface area contributed by atoms with Crippen molar-refractivity contribution in [3.8, 4) is 0 Å². The van der Waals surface area contributed by atoms with E-state index in [2.05, 4.69) is 6.92 Å². The molecule has 1 N–H and O–H groups in total. The second kappa shape index (κ2) is 9.59. The molecule has 0 aromatic heterocycles. The van der Waals surface area contributed by atoms with Crippen molar-refractivity contribution in [2.45, 2.75) is 102 Å². The Morgan fingerprint density at radius 1 is 1.11 bits per heavy atom. The van der Waals surface area contributed by atoms with Crippen LogP contribution in [0.3, 0.4) is 0 Å². The highest BCUT2D eigenvalue weighted by atomic mass is 16.6. The number of benzene rings is 1. The summed E-state index contributed by atoms with van der Waals surface area (Å²) in [6.45, 7) is 2.54. The van der Waals surface area contributed by atoms with E-state index >= 15 is 0 Å². The monoisotopic (exact) mass is 373 g/mol. The van der Waals surface area contributed by atoms with E-state index in [4.69, 9.17) is 4.74 Å². The molecule has 2 atom stereocenters. The quantitative estimate of drug-likeness (QED) is 0.618. The van der Waals surface area contributed by atoms with Gasteiger partial charge in [0.15, 0.2) is 0 Å². The highest BCUT2D eigenvalue weighted by Crippen LogP contribution is 2.41. The topological polar surface area (TPSA) is 49.8 Å². The van der Waals surface area contributed by atoms with Crippen LogP contribution in [0.5, 0.6) is 0 Å². The maximum atomic E-state index is 12.8. The number of carbonyl (C=O) groups is 1. The summed E-state index contributed by atoms with van der Waals surface area (Å²) in [5.74, 6) is 0. The fraction of sp³-hybridized carbons (Fsp3) is 0.696. The molecule has 3 rings (SSSR count). The lowest BCUT2D eigenvalue weighted by Crippen LogP contribution is -2.59. The van der Waals surface area contributed by atoms with Crippen molar-refractivity contribution < 1.29 is 14.6 Å². The number of rotatable bonds is 8. The summed E-state index contributed by atoms with van der Waals surface area (Å²) < 4.78 is 5.60. The second-order valence-corrected chi connectivity index (χ2v) is 8.48. The van der Waals surface area contributed by atoms with E-state index in [-0.39, 0.29) is 18.2 Å². The van der Waals surface area contributed by atoms with Crippen molar-refractivity contribution in [3.63, 3.8) is 0 Å². The Kier molecular flexibility index (Phi) is 7.17. The molecule has 0 spiro atoms. The molecule has 0 saturated carbocycles. The molecule has 0 radical (unpaired) electrons. The third kappa shape index (κ3) is 5.47. The van der Waals surface area contributed by atoms with Gasteiger partial charge in [0.2, 0.25) is 0 Å². The smallest absolute Gasteiger partial charge is 0.410 e. The molecule has 2 heterocycles. The summed E-state index contributed by atoms with van der Waals surface area (Å²) in [5, 5.41) is 11.2. The fourth-order valence-corrected chi connectivity index (χ4v) is 4.88. The number of amides is 1. The van der Waals surface area contributed by atoms with Gasteiger partial charge in [0.25, 0.3) is 0 Å². The Balaban J connectivity index is 1.53. The van der Waals surface area contributed by atoms with Crippen LogP contribution in [-0.2, 0) is 11.3 Å². The first-order chi connectivity index (χ1) is 13.1.